The summed E-state index contributed by atoms with van der Waals surface area (Å²) >= 11 is 0. The van der Waals surface area contributed by atoms with Crippen LogP contribution in [0.25, 0.3) is 0 Å². The molecule has 0 radical (unpaired) electrons. The summed E-state index contributed by atoms with van der Waals surface area (Å²) < 4.78 is 4.50. The van der Waals surface area contributed by atoms with Crippen LogP contribution in [0.3, 0.4) is 0 Å². The zero-order chi connectivity index (χ0) is 9.94. The van der Waals surface area contributed by atoms with Crippen molar-refractivity contribution < 1.29 is 14.9 Å². The van der Waals surface area contributed by atoms with Crippen molar-refractivity contribution in [2.24, 2.45) is 5.73 Å². The van der Waals surface area contributed by atoms with Gasteiger partial charge in [-0.1, -0.05) is 0 Å². The minimum absolute atomic E-state index is 0.125. The molecule has 0 aliphatic carbocycles. The fourth-order valence-corrected chi connectivity index (χ4v) is 0.801. The average molecular weight is 192 g/mol. The predicted octanol–water partition coefficient (Wildman–Crippen LogP) is -1.75. The second kappa shape index (κ2) is 9.88. The van der Waals surface area contributed by atoms with Gasteiger partial charge in [0.2, 0.25) is 0 Å². The molecule has 1 heterocycles. The van der Waals surface area contributed by atoms with Crippen LogP contribution in [0.5, 0.6) is 0 Å². The smallest absolute Gasteiger partial charge is 0.0701 e. The number of rotatable bonds is 6. The molecule has 0 unspecified atom stereocenters. The molecule has 0 spiro atoms. The number of nitrogens with zero attached hydrogens (tertiary/aromatic N) is 1. The largest absolute Gasteiger partial charge is 0.395 e. The molecule has 1 rings (SSSR count). The first-order valence-electron chi connectivity index (χ1n) is 4.57. The summed E-state index contributed by atoms with van der Waals surface area (Å²) in [6.07, 6.45) is 0. The van der Waals surface area contributed by atoms with E-state index in [1.165, 1.54) is 0 Å². The van der Waals surface area contributed by atoms with Crippen molar-refractivity contribution in [2.45, 2.75) is 0 Å². The van der Waals surface area contributed by atoms with Crippen molar-refractivity contribution in [3.63, 3.8) is 0 Å². The lowest BCUT2D eigenvalue weighted by molar-refractivity contribution is 0.164. The van der Waals surface area contributed by atoms with E-state index in [1.807, 2.05) is 4.90 Å². The molecule has 5 heteroatoms. The number of aliphatic hydroxyl groups is 2. The normalized spacial score (nSPS) is 13.8. The van der Waals surface area contributed by atoms with Crippen molar-refractivity contribution in [1.29, 1.82) is 0 Å². The molecule has 4 N–H and O–H groups in total. The van der Waals surface area contributed by atoms with E-state index in [-0.39, 0.29) is 13.2 Å². The molecule has 1 fully saturated rings. The predicted molar refractivity (Wildman–Crippen MR) is 50.5 cm³/mol. The number of nitrogens with two attached hydrogens (primary N) is 1. The molecule has 0 amide bonds. The lowest BCUT2D eigenvalue weighted by atomic mass is 10.4. The first-order valence-corrected chi connectivity index (χ1v) is 4.57. The van der Waals surface area contributed by atoms with Crippen molar-refractivity contribution in [1.82, 2.24) is 4.90 Å². The van der Waals surface area contributed by atoms with E-state index in [1.54, 1.807) is 0 Å². The van der Waals surface area contributed by atoms with Crippen molar-refractivity contribution >= 4 is 0 Å². The molecule has 0 aromatic carbocycles. The number of aliphatic hydroxyl groups excluding tert-OH is 2. The third-order valence-electron chi connectivity index (χ3n) is 1.48. The molecule has 80 valence electrons. The highest BCUT2D eigenvalue weighted by Crippen LogP contribution is 1.84. The maximum absolute atomic E-state index is 8.53. The fraction of sp³-hybridized carbons (Fsp3) is 1.00. The third-order valence-corrected chi connectivity index (χ3v) is 1.48. The molecule has 1 aliphatic heterocycles. The zero-order valence-electron chi connectivity index (χ0n) is 7.98. The van der Waals surface area contributed by atoms with Crippen LogP contribution >= 0.6 is 0 Å². The molecule has 0 atom stereocenters. The maximum Gasteiger partial charge on any atom is 0.0701 e. The van der Waals surface area contributed by atoms with Crippen molar-refractivity contribution in [3.05, 3.63) is 0 Å². The molecule has 1 aliphatic rings. The van der Waals surface area contributed by atoms with Gasteiger partial charge < -0.3 is 20.7 Å². The summed E-state index contributed by atoms with van der Waals surface area (Å²) in [4.78, 5) is 1.92. The summed E-state index contributed by atoms with van der Waals surface area (Å²) in [5, 5.41) is 17.1. The van der Waals surface area contributed by atoms with Gasteiger partial charge in [-0.3, -0.25) is 4.90 Å². The maximum atomic E-state index is 8.53. The van der Waals surface area contributed by atoms with Gasteiger partial charge in [0.1, 0.15) is 0 Å². The van der Waals surface area contributed by atoms with Crippen molar-refractivity contribution in [3.8, 4) is 0 Å². The molecule has 0 aromatic rings. The lowest BCUT2D eigenvalue weighted by Crippen LogP contribution is -2.34. The minimum Gasteiger partial charge on any atom is -0.395 e. The van der Waals surface area contributed by atoms with Gasteiger partial charge in [0.15, 0.2) is 0 Å². The first kappa shape index (κ1) is 12.8. The Morgan fingerprint density at radius 3 is 1.77 bits per heavy atom. The Bertz CT molecular complexity index is 84.4. The van der Waals surface area contributed by atoms with E-state index in [0.717, 1.165) is 19.8 Å². The Morgan fingerprint density at radius 1 is 1.08 bits per heavy atom. The average Bonchev–Trinajstić information content (AvgIpc) is 2.91. The standard InChI is InChI=1S/C6H16N2O2.C2H4O/c7-1-2-8(3-5-9)4-6-10;1-2-3-1/h9-10H,1-7H2;1-2H2. The number of hydrogen-bond acceptors (Lipinski definition) is 5. The van der Waals surface area contributed by atoms with Gasteiger partial charge in [-0.2, -0.15) is 0 Å². The quantitative estimate of drug-likeness (QED) is 0.435. The van der Waals surface area contributed by atoms with Gasteiger partial charge in [-0.25, -0.2) is 0 Å². The molecule has 13 heavy (non-hydrogen) atoms. The summed E-state index contributed by atoms with van der Waals surface area (Å²) in [7, 11) is 0. The minimum atomic E-state index is 0.125. The van der Waals surface area contributed by atoms with Gasteiger partial charge in [0, 0.05) is 26.2 Å². The Morgan fingerprint density at radius 2 is 1.54 bits per heavy atom. The van der Waals surface area contributed by atoms with E-state index in [0.29, 0.717) is 19.6 Å². The molecule has 0 bridgehead atoms. The first-order chi connectivity index (χ1) is 6.35. The highest BCUT2D eigenvalue weighted by molar-refractivity contribution is 4.55. The summed E-state index contributed by atoms with van der Waals surface area (Å²) in [5.74, 6) is 0. The van der Waals surface area contributed by atoms with E-state index < -0.39 is 0 Å². The number of epoxide rings is 1. The number of ether oxygens (including phenoxy) is 1. The van der Waals surface area contributed by atoms with E-state index in [2.05, 4.69) is 4.74 Å². The van der Waals surface area contributed by atoms with Crippen LogP contribution in [0.15, 0.2) is 0 Å². The highest BCUT2D eigenvalue weighted by Gasteiger charge is 1.99. The van der Waals surface area contributed by atoms with Gasteiger partial charge in [0.05, 0.1) is 26.4 Å². The lowest BCUT2D eigenvalue weighted by Gasteiger charge is -2.18. The van der Waals surface area contributed by atoms with Crippen molar-refractivity contribution in [2.75, 3.05) is 52.6 Å². The van der Waals surface area contributed by atoms with E-state index >= 15 is 0 Å². The highest BCUT2D eigenvalue weighted by atomic mass is 16.6. The monoisotopic (exact) mass is 192 g/mol. The Kier molecular flexibility index (Phi) is 9.73. The van der Waals surface area contributed by atoms with Crippen LogP contribution in [0.4, 0.5) is 0 Å². The van der Waals surface area contributed by atoms with Crippen LogP contribution in [0, 0.1) is 0 Å². The fourth-order valence-electron chi connectivity index (χ4n) is 0.801. The second-order valence-corrected chi connectivity index (χ2v) is 2.69. The van der Waals surface area contributed by atoms with Crippen LogP contribution in [0.1, 0.15) is 0 Å². The molecular formula is C8H20N2O3. The third kappa shape index (κ3) is 11.8. The Balaban J connectivity index is 0.000000396. The van der Waals surface area contributed by atoms with Gasteiger partial charge in [-0.05, 0) is 0 Å². The van der Waals surface area contributed by atoms with E-state index in [9.17, 15) is 0 Å². The van der Waals surface area contributed by atoms with Gasteiger partial charge in [0.25, 0.3) is 0 Å². The molecule has 0 saturated carbocycles. The van der Waals surface area contributed by atoms with Crippen LogP contribution in [-0.2, 0) is 4.74 Å². The van der Waals surface area contributed by atoms with E-state index in [4.69, 9.17) is 15.9 Å². The molecule has 5 nitrogen and oxygen atoms in total. The van der Waals surface area contributed by atoms with Gasteiger partial charge >= 0.3 is 0 Å². The molecular weight excluding hydrogens is 172 g/mol. The van der Waals surface area contributed by atoms with Crippen LogP contribution in [-0.4, -0.2) is 67.7 Å². The Hall–Kier alpha value is -0.200. The summed E-state index contributed by atoms with van der Waals surface area (Å²) in [6.45, 7) is 4.75. The second-order valence-electron chi connectivity index (χ2n) is 2.69. The molecule has 1 saturated heterocycles. The van der Waals surface area contributed by atoms with Crippen LogP contribution in [0.2, 0.25) is 0 Å². The number of hydrogen-bond donors (Lipinski definition) is 3. The SMILES string of the molecule is C1CO1.NCCN(CCO)CCO. The van der Waals surface area contributed by atoms with Gasteiger partial charge in [-0.15, -0.1) is 0 Å². The molecule has 0 aromatic heterocycles. The van der Waals surface area contributed by atoms with Crippen LogP contribution < -0.4 is 5.73 Å². The Labute approximate surface area is 79.1 Å². The summed E-state index contributed by atoms with van der Waals surface area (Å²) in [6, 6.07) is 0. The zero-order valence-corrected chi connectivity index (χ0v) is 7.98. The summed E-state index contributed by atoms with van der Waals surface area (Å²) in [5.41, 5.74) is 5.29. The topological polar surface area (TPSA) is 82.2 Å².